The number of benzene rings is 3. The van der Waals surface area contributed by atoms with E-state index in [2.05, 4.69) is 21.6 Å². The molecule has 4 aromatic rings. The lowest BCUT2D eigenvalue weighted by Crippen LogP contribution is -2.40. The molecule has 0 unspecified atom stereocenters. The highest BCUT2D eigenvalue weighted by molar-refractivity contribution is 7.99. The van der Waals surface area contributed by atoms with Crippen LogP contribution in [0.2, 0.25) is 0 Å². The van der Waals surface area contributed by atoms with E-state index < -0.39 is 15.9 Å². The van der Waals surface area contributed by atoms with E-state index in [1.54, 1.807) is 11.7 Å². The van der Waals surface area contributed by atoms with Gasteiger partial charge in [-0.05, 0) is 60.9 Å². The molecule has 1 aromatic heterocycles. The van der Waals surface area contributed by atoms with Gasteiger partial charge in [-0.2, -0.15) is 4.31 Å². The molecule has 2 aliphatic rings. The van der Waals surface area contributed by atoms with Crippen molar-refractivity contribution in [3.63, 3.8) is 0 Å². The Bertz CT molecular complexity index is 1820. The highest BCUT2D eigenvalue weighted by Gasteiger charge is 2.27. The number of fused-ring (bicyclic) bond motifs is 1. The van der Waals surface area contributed by atoms with Crippen molar-refractivity contribution >= 4 is 39.3 Å². The van der Waals surface area contributed by atoms with Gasteiger partial charge in [0, 0.05) is 30.9 Å². The predicted molar refractivity (Wildman–Crippen MR) is 173 cm³/mol. The van der Waals surface area contributed by atoms with Crippen molar-refractivity contribution in [2.45, 2.75) is 29.4 Å². The standard InChI is InChI=1S/C32H34N6O6S2/c1-43-28-11-5-4-10-27(28)38-29(34-35-32(38)45-22-30(39)37-16-6-8-23-7-2-3-9-26(23)37)21-33-31(40)24-12-14-25(15-13-24)46(41,42)36-17-19-44-20-18-36/h2-5,7,9-15H,6,8,16-22H2,1H3,(H,33,40). The first-order chi connectivity index (χ1) is 22.4. The molecule has 14 heteroatoms. The van der Waals surface area contributed by atoms with Crippen LogP contribution in [0.15, 0.2) is 82.8 Å². The third-order valence-corrected chi connectivity index (χ3v) is 10.7. The van der Waals surface area contributed by atoms with Gasteiger partial charge in [-0.25, -0.2) is 8.42 Å². The number of hydrogen-bond acceptors (Lipinski definition) is 9. The van der Waals surface area contributed by atoms with Crippen molar-refractivity contribution in [2.75, 3.05) is 50.6 Å². The Morgan fingerprint density at radius 2 is 1.65 bits per heavy atom. The molecular weight excluding hydrogens is 629 g/mol. The summed E-state index contributed by atoms with van der Waals surface area (Å²) in [6.45, 7) is 1.96. The number of hydrogen-bond donors (Lipinski definition) is 1. The lowest BCUT2D eigenvalue weighted by Gasteiger charge is -2.29. The van der Waals surface area contributed by atoms with Crippen LogP contribution < -0.4 is 15.0 Å². The number of thioether (sulfide) groups is 1. The first kappa shape index (κ1) is 31.7. The van der Waals surface area contributed by atoms with Gasteiger partial charge in [-0.1, -0.05) is 42.1 Å². The highest BCUT2D eigenvalue weighted by atomic mass is 32.2. The number of para-hydroxylation sites is 3. The number of carbonyl (C=O) groups excluding carboxylic acids is 2. The summed E-state index contributed by atoms with van der Waals surface area (Å²) in [6.07, 6.45) is 1.85. The molecule has 3 aromatic carbocycles. The first-order valence-electron chi connectivity index (χ1n) is 14.9. The number of rotatable bonds is 10. The van der Waals surface area contributed by atoms with Crippen molar-refractivity contribution in [1.29, 1.82) is 0 Å². The fourth-order valence-corrected chi connectivity index (χ4v) is 7.79. The molecule has 1 N–H and O–H groups in total. The highest BCUT2D eigenvalue weighted by Crippen LogP contribution is 2.31. The van der Waals surface area contributed by atoms with E-state index in [0.717, 1.165) is 24.1 Å². The van der Waals surface area contributed by atoms with Gasteiger partial charge in [0.05, 0.1) is 43.2 Å². The Morgan fingerprint density at radius 1 is 0.935 bits per heavy atom. The Kier molecular flexibility index (Phi) is 9.68. The minimum atomic E-state index is -3.67. The largest absolute Gasteiger partial charge is 0.495 e. The zero-order valence-corrected chi connectivity index (χ0v) is 26.9. The third kappa shape index (κ3) is 6.65. The lowest BCUT2D eigenvalue weighted by molar-refractivity contribution is -0.116. The van der Waals surface area contributed by atoms with Crippen molar-refractivity contribution < 1.29 is 27.5 Å². The van der Waals surface area contributed by atoms with Crippen LogP contribution in [0, 0.1) is 0 Å². The van der Waals surface area contributed by atoms with Gasteiger partial charge >= 0.3 is 0 Å². The Balaban J connectivity index is 1.18. The van der Waals surface area contributed by atoms with E-state index in [1.165, 1.54) is 40.3 Å². The molecule has 2 aliphatic heterocycles. The molecule has 3 heterocycles. The van der Waals surface area contributed by atoms with Gasteiger partial charge in [0.15, 0.2) is 11.0 Å². The quantitative estimate of drug-likeness (QED) is 0.254. The monoisotopic (exact) mass is 662 g/mol. The fourth-order valence-electron chi connectivity index (χ4n) is 5.54. The number of aromatic nitrogens is 3. The Morgan fingerprint density at radius 3 is 2.41 bits per heavy atom. The SMILES string of the molecule is COc1ccccc1-n1c(CNC(=O)c2ccc(S(=O)(=O)N3CCOCC3)cc2)nnc1SCC(=O)N1CCCc2ccccc21. The summed E-state index contributed by atoms with van der Waals surface area (Å²) >= 11 is 1.27. The van der Waals surface area contributed by atoms with Gasteiger partial charge in [0.1, 0.15) is 5.75 Å². The third-order valence-electron chi connectivity index (χ3n) is 7.89. The van der Waals surface area contributed by atoms with E-state index >= 15 is 0 Å². The molecule has 1 saturated heterocycles. The average Bonchev–Trinajstić information content (AvgIpc) is 3.52. The van der Waals surface area contributed by atoms with E-state index in [9.17, 15) is 18.0 Å². The Labute approximate surface area is 271 Å². The van der Waals surface area contributed by atoms with Crippen LogP contribution in [0.1, 0.15) is 28.2 Å². The summed E-state index contributed by atoms with van der Waals surface area (Å²) < 4.78 is 39.9. The van der Waals surface area contributed by atoms with Crippen molar-refractivity contribution in [2.24, 2.45) is 0 Å². The summed E-state index contributed by atoms with van der Waals surface area (Å²) in [5, 5.41) is 12.1. The molecule has 1 fully saturated rings. The number of amides is 2. The smallest absolute Gasteiger partial charge is 0.251 e. The molecule has 240 valence electrons. The van der Waals surface area contributed by atoms with Crippen LogP contribution in [0.5, 0.6) is 5.75 Å². The second kappa shape index (κ2) is 14.0. The van der Waals surface area contributed by atoms with Gasteiger partial charge in [-0.3, -0.25) is 14.2 Å². The number of sulfonamides is 1. The summed E-state index contributed by atoms with van der Waals surface area (Å²) in [5.41, 5.74) is 3.07. The number of anilines is 1. The normalized spacial score (nSPS) is 15.3. The van der Waals surface area contributed by atoms with Crippen LogP contribution in [0.4, 0.5) is 5.69 Å². The molecule has 0 radical (unpaired) electrons. The van der Waals surface area contributed by atoms with Crippen molar-refractivity contribution in [1.82, 2.24) is 24.4 Å². The molecule has 6 rings (SSSR count). The molecule has 0 bridgehead atoms. The second-order valence-electron chi connectivity index (χ2n) is 10.7. The molecular formula is C32H34N6O6S2. The number of nitrogens with one attached hydrogen (secondary N) is 1. The molecule has 2 amide bonds. The van der Waals surface area contributed by atoms with Crippen molar-refractivity contribution in [3.8, 4) is 11.4 Å². The summed E-state index contributed by atoms with van der Waals surface area (Å²) in [7, 11) is -2.11. The maximum absolute atomic E-state index is 13.4. The van der Waals surface area contributed by atoms with Crippen molar-refractivity contribution in [3.05, 3.63) is 89.7 Å². The lowest BCUT2D eigenvalue weighted by atomic mass is 10.0. The zero-order chi connectivity index (χ0) is 32.1. The van der Waals surface area contributed by atoms with E-state index in [0.29, 0.717) is 47.7 Å². The van der Waals surface area contributed by atoms with E-state index in [4.69, 9.17) is 9.47 Å². The van der Waals surface area contributed by atoms with Gasteiger partial charge in [-0.15, -0.1) is 10.2 Å². The number of carbonyl (C=O) groups is 2. The number of ether oxygens (including phenoxy) is 2. The zero-order valence-electron chi connectivity index (χ0n) is 25.3. The number of morpholine rings is 1. The fraction of sp³-hybridized carbons (Fsp3) is 0.312. The number of methoxy groups -OCH3 is 1. The molecule has 12 nitrogen and oxygen atoms in total. The second-order valence-corrected chi connectivity index (χ2v) is 13.6. The summed E-state index contributed by atoms with van der Waals surface area (Å²) in [5.74, 6) is 0.722. The van der Waals surface area contributed by atoms with Crippen LogP contribution in [-0.2, 0) is 32.5 Å². The Hall–Kier alpha value is -4.24. The van der Waals surface area contributed by atoms with E-state index in [1.807, 2.05) is 47.4 Å². The molecule has 0 spiro atoms. The van der Waals surface area contributed by atoms with Gasteiger partial charge < -0.3 is 19.7 Å². The molecule has 0 atom stereocenters. The molecule has 46 heavy (non-hydrogen) atoms. The number of aryl methyl sites for hydroxylation is 1. The summed E-state index contributed by atoms with van der Waals surface area (Å²) in [6, 6.07) is 21.2. The first-order valence-corrected chi connectivity index (χ1v) is 17.3. The maximum Gasteiger partial charge on any atom is 0.251 e. The van der Waals surface area contributed by atoms with Crippen LogP contribution in [0.25, 0.3) is 5.69 Å². The van der Waals surface area contributed by atoms with Crippen LogP contribution in [0.3, 0.4) is 0 Å². The molecule has 0 aliphatic carbocycles. The predicted octanol–water partition coefficient (Wildman–Crippen LogP) is 3.30. The maximum atomic E-state index is 13.4. The van der Waals surface area contributed by atoms with Crippen LogP contribution in [-0.4, -0.2) is 85.0 Å². The van der Waals surface area contributed by atoms with Gasteiger partial charge in [0.2, 0.25) is 15.9 Å². The summed E-state index contributed by atoms with van der Waals surface area (Å²) in [4.78, 5) is 28.4. The van der Waals surface area contributed by atoms with Crippen LogP contribution >= 0.6 is 11.8 Å². The van der Waals surface area contributed by atoms with E-state index in [-0.39, 0.29) is 36.2 Å². The minimum Gasteiger partial charge on any atom is -0.495 e. The average molecular weight is 663 g/mol. The topological polar surface area (TPSA) is 136 Å². The van der Waals surface area contributed by atoms with Gasteiger partial charge in [0.25, 0.3) is 5.91 Å². The molecule has 0 saturated carbocycles. The minimum absolute atomic E-state index is 0.0196. The number of nitrogens with zero attached hydrogens (tertiary/aromatic N) is 5.